The Hall–Kier alpha value is -3.82. The summed E-state index contributed by atoms with van der Waals surface area (Å²) in [6.07, 6.45) is 0.696. The first-order valence-electron chi connectivity index (χ1n) is 10.6. The van der Waals surface area contributed by atoms with Crippen LogP contribution >= 0.6 is 0 Å². The average molecular weight is 453 g/mol. The molecule has 1 aromatic carbocycles. The van der Waals surface area contributed by atoms with Crippen LogP contribution in [0.2, 0.25) is 0 Å². The van der Waals surface area contributed by atoms with Gasteiger partial charge in [-0.1, -0.05) is 6.07 Å². The SMILES string of the molecule is COc1ccc(CCn2c(C)c(C)n3c4c(=O)n(CC(C)=O)c(=O)n(C)c4nc23)cc1OC. The summed E-state index contributed by atoms with van der Waals surface area (Å²) in [5.74, 6) is 1.63. The summed E-state index contributed by atoms with van der Waals surface area (Å²) in [4.78, 5) is 42.2. The van der Waals surface area contributed by atoms with E-state index in [9.17, 15) is 14.4 Å². The molecule has 0 N–H and O–H groups in total. The lowest BCUT2D eigenvalue weighted by Crippen LogP contribution is -2.40. The number of benzene rings is 1. The zero-order valence-corrected chi connectivity index (χ0v) is 19.6. The molecule has 3 aromatic heterocycles. The third kappa shape index (κ3) is 3.51. The normalized spacial score (nSPS) is 11.5. The highest BCUT2D eigenvalue weighted by Gasteiger charge is 2.23. The topological polar surface area (TPSA) is 102 Å². The number of Topliss-reactive ketones (excluding diaryl/α,β-unsaturated/α-hetero) is 1. The molecule has 174 valence electrons. The molecular weight excluding hydrogens is 426 g/mol. The zero-order valence-electron chi connectivity index (χ0n) is 19.6. The van der Waals surface area contributed by atoms with E-state index in [4.69, 9.17) is 9.47 Å². The van der Waals surface area contributed by atoms with Crippen LogP contribution in [0, 0.1) is 13.8 Å². The lowest BCUT2D eigenvalue weighted by Gasteiger charge is -2.11. The number of methoxy groups -OCH3 is 2. The van der Waals surface area contributed by atoms with Gasteiger partial charge in [0.1, 0.15) is 5.78 Å². The minimum Gasteiger partial charge on any atom is -0.493 e. The Morgan fingerprint density at radius 3 is 2.36 bits per heavy atom. The maximum atomic E-state index is 13.2. The van der Waals surface area contributed by atoms with E-state index in [0.29, 0.717) is 41.4 Å². The molecule has 0 saturated heterocycles. The molecule has 0 aliphatic rings. The van der Waals surface area contributed by atoms with Crippen molar-refractivity contribution in [2.24, 2.45) is 7.05 Å². The predicted molar refractivity (Wildman–Crippen MR) is 124 cm³/mol. The first-order valence-corrected chi connectivity index (χ1v) is 10.6. The second-order valence-corrected chi connectivity index (χ2v) is 8.12. The average Bonchev–Trinajstić information content (AvgIpc) is 3.29. The third-order valence-electron chi connectivity index (χ3n) is 6.08. The number of aryl methyl sites for hydroxylation is 4. The van der Waals surface area contributed by atoms with Crippen LogP contribution in [0.4, 0.5) is 0 Å². The fraction of sp³-hybridized carbons (Fsp3) is 0.391. The van der Waals surface area contributed by atoms with Crippen LogP contribution in [0.5, 0.6) is 11.5 Å². The van der Waals surface area contributed by atoms with Gasteiger partial charge in [0.25, 0.3) is 5.56 Å². The van der Waals surface area contributed by atoms with Crippen LogP contribution in [-0.2, 0) is 31.4 Å². The Morgan fingerprint density at radius 2 is 1.73 bits per heavy atom. The summed E-state index contributed by atoms with van der Waals surface area (Å²) < 4.78 is 16.8. The summed E-state index contributed by atoms with van der Waals surface area (Å²) in [5.41, 5.74) is 2.38. The Kier molecular flexibility index (Phi) is 5.61. The van der Waals surface area contributed by atoms with Crippen molar-refractivity contribution in [1.82, 2.24) is 23.1 Å². The lowest BCUT2D eigenvalue weighted by atomic mass is 10.1. The number of nitrogens with zero attached hydrogens (tertiary/aromatic N) is 5. The summed E-state index contributed by atoms with van der Waals surface area (Å²) in [6.45, 7) is 5.57. The summed E-state index contributed by atoms with van der Waals surface area (Å²) >= 11 is 0. The van der Waals surface area contributed by atoms with Crippen LogP contribution in [0.1, 0.15) is 23.9 Å². The van der Waals surface area contributed by atoms with E-state index in [0.717, 1.165) is 21.5 Å². The molecule has 33 heavy (non-hydrogen) atoms. The molecule has 0 atom stereocenters. The minimum absolute atomic E-state index is 0.269. The van der Waals surface area contributed by atoms with Gasteiger partial charge < -0.3 is 14.0 Å². The second kappa shape index (κ2) is 8.27. The molecule has 10 nitrogen and oxygen atoms in total. The number of ether oxygens (including phenoxy) is 2. The van der Waals surface area contributed by atoms with Crippen LogP contribution in [-0.4, -0.2) is 43.1 Å². The van der Waals surface area contributed by atoms with Crippen LogP contribution in [0.3, 0.4) is 0 Å². The van der Waals surface area contributed by atoms with Gasteiger partial charge in [-0.2, -0.15) is 4.98 Å². The molecule has 0 bridgehead atoms. The monoisotopic (exact) mass is 453 g/mol. The van der Waals surface area contributed by atoms with Gasteiger partial charge in [0, 0.05) is 25.0 Å². The lowest BCUT2D eigenvalue weighted by molar-refractivity contribution is -0.117. The van der Waals surface area contributed by atoms with Crippen molar-refractivity contribution < 1.29 is 14.3 Å². The Bertz CT molecular complexity index is 1520. The number of hydrogen-bond acceptors (Lipinski definition) is 6. The molecule has 3 heterocycles. The van der Waals surface area contributed by atoms with Crippen molar-refractivity contribution >= 4 is 22.7 Å². The highest BCUT2D eigenvalue weighted by molar-refractivity contribution is 5.78. The van der Waals surface area contributed by atoms with Gasteiger partial charge in [-0.05, 0) is 44.9 Å². The molecule has 0 spiro atoms. The van der Waals surface area contributed by atoms with Crippen LogP contribution < -0.4 is 20.7 Å². The molecular formula is C23H27N5O5. The van der Waals surface area contributed by atoms with Crippen molar-refractivity contribution in [1.29, 1.82) is 0 Å². The van der Waals surface area contributed by atoms with Crippen molar-refractivity contribution in [3.8, 4) is 11.5 Å². The minimum atomic E-state index is -0.560. The first-order chi connectivity index (χ1) is 15.7. The number of carbonyl (C=O) groups excluding carboxylic acids is 1. The van der Waals surface area contributed by atoms with E-state index >= 15 is 0 Å². The molecule has 4 rings (SSSR count). The maximum Gasteiger partial charge on any atom is 0.332 e. The third-order valence-corrected chi connectivity index (χ3v) is 6.08. The smallest absolute Gasteiger partial charge is 0.332 e. The van der Waals surface area contributed by atoms with Gasteiger partial charge in [0.05, 0.1) is 20.8 Å². The highest BCUT2D eigenvalue weighted by atomic mass is 16.5. The van der Waals surface area contributed by atoms with Gasteiger partial charge in [-0.25, -0.2) is 4.79 Å². The zero-order chi connectivity index (χ0) is 24.0. The summed E-state index contributed by atoms with van der Waals surface area (Å²) in [6, 6.07) is 5.79. The van der Waals surface area contributed by atoms with Gasteiger partial charge in [-0.3, -0.25) is 23.1 Å². The van der Waals surface area contributed by atoms with Crippen molar-refractivity contribution in [3.05, 3.63) is 56.0 Å². The van der Waals surface area contributed by atoms with E-state index in [1.165, 1.54) is 11.5 Å². The quantitative estimate of drug-likeness (QED) is 0.421. The maximum absolute atomic E-state index is 13.2. The van der Waals surface area contributed by atoms with E-state index in [1.54, 1.807) is 25.7 Å². The van der Waals surface area contributed by atoms with Gasteiger partial charge >= 0.3 is 5.69 Å². The molecule has 0 unspecified atom stereocenters. The molecule has 0 saturated carbocycles. The number of fused-ring (bicyclic) bond motifs is 3. The standard InChI is InChI=1S/C23H27N5O5/c1-13(29)12-27-21(30)19-20(25(4)23(27)31)24-22-26(14(2)15(3)28(19)22)10-9-16-7-8-17(32-5)18(11-16)33-6/h7-8,11H,9-10,12H2,1-6H3. The largest absolute Gasteiger partial charge is 0.493 e. The predicted octanol–water partition coefficient (Wildman–Crippen LogP) is 1.62. The number of ketones is 1. The van der Waals surface area contributed by atoms with E-state index < -0.39 is 11.2 Å². The van der Waals surface area contributed by atoms with Gasteiger partial charge in [0.15, 0.2) is 22.7 Å². The summed E-state index contributed by atoms with van der Waals surface area (Å²) in [5, 5.41) is 0. The first kappa shape index (κ1) is 22.4. The molecule has 10 heteroatoms. The number of carbonyl (C=O) groups is 1. The molecule has 0 aliphatic heterocycles. The molecule has 0 aliphatic carbocycles. The molecule has 0 radical (unpaired) electrons. The Balaban J connectivity index is 1.85. The summed E-state index contributed by atoms with van der Waals surface area (Å²) in [7, 11) is 4.76. The Morgan fingerprint density at radius 1 is 1.03 bits per heavy atom. The highest BCUT2D eigenvalue weighted by Crippen LogP contribution is 2.28. The van der Waals surface area contributed by atoms with Crippen LogP contribution in [0.25, 0.3) is 16.9 Å². The van der Waals surface area contributed by atoms with Crippen molar-refractivity contribution in [2.45, 2.75) is 40.3 Å². The fourth-order valence-electron chi connectivity index (χ4n) is 4.22. The number of aromatic nitrogens is 5. The van der Waals surface area contributed by atoms with Crippen molar-refractivity contribution in [2.75, 3.05) is 14.2 Å². The molecule has 4 aromatic rings. The fourth-order valence-corrected chi connectivity index (χ4v) is 4.22. The van der Waals surface area contributed by atoms with Crippen LogP contribution in [0.15, 0.2) is 27.8 Å². The van der Waals surface area contributed by atoms with E-state index in [-0.39, 0.29) is 12.3 Å². The number of hydrogen-bond donors (Lipinski definition) is 0. The number of rotatable bonds is 7. The molecule has 0 amide bonds. The van der Waals surface area contributed by atoms with Gasteiger partial charge in [-0.15, -0.1) is 0 Å². The van der Waals surface area contributed by atoms with Gasteiger partial charge in [0.2, 0.25) is 5.78 Å². The number of imidazole rings is 2. The van der Waals surface area contributed by atoms with Crippen molar-refractivity contribution in [3.63, 3.8) is 0 Å². The second-order valence-electron chi connectivity index (χ2n) is 8.12. The Labute approximate surface area is 189 Å². The molecule has 0 fully saturated rings. The van der Waals surface area contributed by atoms with E-state index in [2.05, 4.69) is 4.98 Å². The van der Waals surface area contributed by atoms with E-state index in [1.807, 2.05) is 36.6 Å².